The van der Waals surface area contributed by atoms with Crippen LogP contribution >= 0.6 is 0 Å². The first kappa shape index (κ1) is 14.4. The van der Waals surface area contributed by atoms with Crippen LogP contribution in [-0.4, -0.2) is 40.7 Å². The molecule has 2 heterocycles. The summed E-state index contributed by atoms with van der Waals surface area (Å²) in [5, 5.41) is 17.1. The topological polar surface area (TPSA) is 102 Å². The molecule has 0 radical (unpaired) electrons. The molecule has 1 fully saturated rings. The highest BCUT2D eigenvalue weighted by Gasteiger charge is 2.23. The Labute approximate surface area is 117 Å². The fourth-order valence-corrected chi connectivity index (χ4v) is 2.16. The van der Waals surface area contributed by atoms with Crippen molar-refractivity contribution in [3.63, 3.8) is 0 Å². The Morgan fingerprint density at radius 3 is 2.85 bits per heavy atom. The molecule has 0 aromatic carbocycles. The predicted octanol–water partition coefficient (Wildman–Crippen LogP) is 1.72. The lowest BCUT2D eigenvalue weighted by atomic mass is 10.2. The number of nitrogens with one attached hydrogen (secondary N) is 2. The number of hydrogen-bond acceptors (Lipinski definition) is 7. The third-order valence-corrected chi connectivity index (χ3v) is 3.10. The van der Waals surface area contributed by atoms with Crippen molar-refractivity contribution >= 4 is 17.5 Å². The van der Waals surface area contributed by atoms with E-state index in [1.807, 2.05) is 6.92 Å². The highest BCUT2D eigenvalue weighted by Crippen LogP contribution is 2.27. The van der Waals surface area contributed by atoms with Crippen molar-refractivity contribution in [2.24, 2.45) is 0 Å². The molecular formula is C12H19N5O3. The maximum atomic E-state index is 11.1. The molecule has 0 bridgehead atoms. The van der Waals surface area contributed by atoms with Crippen LogP contribution in [0.5, 0.6) is 0 Å². The normalized spacial score (nSPS) is 18.0. The number of aryl methyl sites for hydroxylation is 1. The SMILES string of the molecule is CCNc1nc(C)c([N+](=O)[O-])c(NCC2CCCO2)n1. The molecule has 1 aliphatic heterocycles. The number of nitrogens with zero attached hydrogens (tertiary/aromatic N) is 3. The van der Waals surface area contributed by atoms with Crippen molar-refractivity contribution in [3.05, 3.63) is 15.8 Å². The Hall–Kier alpha value is -1.96. The summed E-state index contributed by atoms with van der Waals surface area (Å²) in [6, 6.07) is 0. The van der Waals surface area contributed by atoms with E-state index in [4.69, 9.17) is 4.74 Å². The number of anilines is 2. The maximum Gasteiger partial charge on any atom is 0.332 e. The molecule has 1 aliphatic rings. The molecule has 110 valence electrons. The Morgan fingerprint density at radius 2 is 2.25 bits per heavy atom. The summed E-state index contributed by atoms with van der Waals surface area (Å²) >= 11 is 0. The van der Waals surface area contributed by atoms with Gasteiger partial charge in [-0.05, 0) is 26.7 Å². The molecule has 0 aliphatic carbocycles. The first-order valence-electron chi connectivity index (χ1n) is 6.74. The number of ether oxygens (including phenoxy) is 1. The Morgan fingerprint density at radius 1 is 1.45 bits per heavy atom. The average Bonchev–Trinajstić information content (AvgIpc) is 2.88. The Balaban J connectivity index is 2.19. The fraction of sp³-hybridized carbons (Fsp3) is 0.667. The fourth-order valence-electron chi connectivity index (χ4n) is 2.16. The zero-order chi connectivity index (χ0) is 14.5. The average molecular weight is 281 g/mol. The monoisotopic (exact) mass is 281 g/mol. The van der Waals surface area contributed by atoms with Crippen molar-refractivity contribution in [1.82, 2.24) is 9.97 Å². The van der Waals surface area contributed by atoms with Crippen LogP contribution in [-0.2, 0) is 4.74 Å². The number of nitro groups is 1. The Bertz CT molecular complexity index is 488. The summed E-state index contributed by atoms with van der Waals surface area (Å²) < 4.78 is 5.49. The summed E-state index contributed by atoms with van der Waals surface area (Å²) in [6.07, 6.45) is 2.08. The quantitative estimate of drug-likeness (QED) is 0.604. The molecule has 20 heavy (non-hydrogen) atoms. The largest absolute Gasteiger partial charge is 0.376 e. The molecule has 0 spiro atoms. The molecule has 0 saturated carbocycles. The highest BCUT2D eigenvalue weighted by atomic mass is 16.6. The minimum Gasteiger partial charge on any atom is -0.376 e. The summed E-state index contributed by atoms with van der Waals surface area (Å²) in [4.78, 5) is 19.0. The maximum absolute atomic E-state index is 11.1. The third-order valence-electron chi connectivity index (χ3n) is 3.10. The van der Waals surface area contributed by atoms with E-state index in [9.17, 15) is 10.1 Å². The van der Waals surface area contributed by atoms with Crippen LogP contribution in [0.1, 0.15) is 25.5 Å². The van der Waals surface area contributed by atoms with Gasteiger partial charge in [0.05, 0.1) is 11.0 Å². The van der Waals surface area contributed by atoms with Gasteiger partial charge in [-0.25, -0.2) is 4.98 Å². The smallest absolute Gasteiger partial charge is 0.332 e. The van der Waals surface area contributed by atoms with E-state index >= 15 is 0 Å². The molecule has 8 nitrogen and oxygen atoms in total. The summed E-state index contributed by atoms with van der Waals surface area (Å²) in [5.41, 5.74) is 0.264. The van der Waals surface area contributed by atoms with E-state index in [-0.39, 0.29) is 17.6 Å². The molecule has 2 N–H and O–H groups in total. The molecule has 1 aromatic rings. The van der Waals surface area contributed by atoms with Gasteiger partial charge in [-0.3, -0.25) is 10.1 Å². The van der Waals surface area contributed by atoms with Crippen molar-refractivity contribution in [2.75, 3.05) is 30.3 Å². The van der Waals surface area contributed by atoms with Crippen molar-refractivity contribution in [1.29, 1.82) is 0 Å². The molecule has 1 saturated heterocycles. The second-order valence-corrected chi connectivity index (χ2v) is 4.63. The number of hydrogen-bond donors (Lipinski definition) is 2. The molecular weight excluding hydrogens is 262 g/mol. The van der Waals surface area contributed by atoms with E-state index in [0.717, 1.165) is 19.4 Å². The van der Waals surface area contributed by atoms with Gasteiger partial charge in [-0.15, -0.1) is 0 Å². The van der Waals surface area contributed by atoms with Crippen molar-refractivity contribution < 1.29 is 9.66 Å². The van der Waals surface area contributed by atoms with Crippen molar-refractivity contribution in [3.8, 4) is 0 Å². The lowest BCUT2D eigenvalue weighted by molar-refractivity contribution is -0.385. The second-order valence-electron chi connectivity index (χ2n) is 4.63. The number of rotatable bonds is 6. The molecule has 8 heteroatoms. The standard InChI is InChI=1S/C12H19N5O3/c1-3-13-12-15-8(2)10(17(18)19)11(16-12)14-7-9-5-4-6-20-9/h9H,3-7H2,1-2H3,(H2,13,14,15,16). The lowest BCUT2D eigenvalue weighted by Gasteiger charge is -2.13. The molecule has 0 amide bonds. The van der Waals surface area contributed by atoms with E-state index in [1.165, 1.54) is 0 Å². The van der Waals surface area contributed by atoms with Gasteiger partial charge >= 0.3 is 5.69 Å². The van der Waals surface area contributed by atoms with Crippen LogP contribution in [0.4, 0.5) is 17.5 Å². The van der Waals surface area contributed by atoms with E-state index in [1.54, 1.807) is 6.92 Å². The van der Waals surface area contributed by atoms with Crippen LogP contribution in [0, 0.1) is 17.0 Å². The van der Waals surface area contributed by atoms with Gasteiger partial charge in [0, 0.05) is 19.7 Å². The van der Waals surface area contributed by atoms with Gasteiger partial charge in [0.2, 0.25) is 11.8 Å². The van der Waals surface area contributed by atoms with E-state index in [2.05, 4.69) is 20.6 Å². The Kier molecular flexibility index (Phi) is 4.67. The molecule has 1 aromatic heterocycles. The first-order chi connectivity index (χ1) is 9.61. The summed E-state index contributed by atoms with van der Waals surface area (Å²) in [6.45, 7) is 5.45. The van der Waals surface area contributed by atoms with Gasteiger partial charge in [0.1, 0.15) is 5.69 Å². The van der Waals surface area contributed by atoms with E-state index in [0.29, 0.717) is 24.7 Å². The van der Waals surface area contributed by atoms with Gasteiger partial charge in [0.15, 0.2) is 0 Å². The number of aromatic nitrogens is 2. The zero-order valence-corrected chi connectivity index (χ0v) is 11.7. The van der Waals surface area contributed by atoms with Crippen LogP contribution in [0.2, 0.25) is 0 Å². The second kappa shape index (κ2) is 6.47. The van der Waals surface area contributed by atoms with E-state index < -0.39 is 4.92 Å². The lowest BCUT2D eigenvalue weighted by Crippen LogP contribution is -2.20. The van der Waals surface area contributed by atoms with Gasteiger partial charge in [-0.2, -0.15) is 4.98 Å². The zero-order valence-electron chi connectivity index (χ0n) is 11.7. The minimum absolute atomic E-state index is 0.0790. The third kappa shape index (κ3) is 3.32. The van der Waals surface area contributed by atoms with Gasteiger partial charge < -0.3 is 15.4 Å². The molecule has 2 rings (SSSR count). The van der Waals surface area contributed by atoms with Crippen LogP contribution in [0.3, 0.4) is 0 Å². The molecule has 1 atom stereocenters. The van der Waals surface area contributed by atoms with Crippen LogP contribution in [0.25, 0.3) is 0 Å². The first-order valence-corrected chi connectivity index (χ1v) is 6.74. The van der Waals surface area contributed by atoms with Crippen molar-refractivity contribution in [2.45, 2.75) is 32.8 Å². The predicted molar refractivity (Wildman–Crippen MR) is 75.1 cm³/mol. The van der Waals surface area contributed by atoms with Crippen LogP contribution < -0.4 is 10.6 Å². The summed E-state index contributed by atoms with van der Waals surface area (Å²) in [5.74, 6) is 0.638. The summed E-state index contributed by atoms with van der Waals surface area (Å²) in [7, 11) is 0. The minimum atomic E-state index is -0.455. The molecule has 1 unspecified atom stereocenters. The highest BCUT2D eigenvalue weighted by molar-refractivity contribution is 5.60. The van der Waals surface area contributed by atoms with Gasteiger partial charge in [-0.1, -0.05) is 0 Å². The van der Waals surface area contributed by atoms with Gasteiger partial charge in [0.25, 0.3) is 0 Å². The van der Waals surface area contributed by atoms with Crippen LogP contribution in [0.15, 0.2) is 0 Å².